The first kappa shape index (κ1) is 16.2. The quantitative estimate of drug-likeness (QED) is 0.791. The fourth-order valence-electron chi connectivity index (χ4n) is 1.14. The van der Waals surface area contributed by atoms with Crippen LogP contribution < -0.4 is 10.6 Å². The van der Waals surface area contributed by atoms with E-state index in [0.717, 1.165) is 9.47 Å². The largest absolute Gasteiger partial charge is 0.355 e. The highest BCUT2D eigenvalue weighted by molar-refractivity contribution is 8.01. The third-order valence-corrected chi connectivity index (χ3v) is 3.89. The fourth-order valence-corrected chi connectivity index (χ4v) is 2.93. The number of rotatable bonds is 6. The van der Waals surface area contributed by atoms with Gasteiger partial charge in [-0.3, -0.25) is 4.79 Å². The lowest BCUT2D eigenvalue weighted by atomic mass is 10.1. The number of aromatic nitrogens is 2. The van der Waals surface area contributed by atoms with Gasteiger partial charge in [-0.15, -0.1) is 10.2 Å². The number of nitrogens with zero attached hydrogens (tertiary/aromatic N) is 2. The van der Waals surface area contributed by atoms with Gasteiger partial charge in [-0.1, -0.05) is 36.9 Å². The lowest BCUT2D eigenvalue weighted by Gasteiger charge is -2.18. The number of hydrogen-bond donors (Lipinski definition) is 2. The van der Waals surface area contributed by atoms with Gasteiger partial charge in [-0.2, -0.15) is 0 Å². The van der Waals surface area contributed by atoms with Gasteiger partial charge in [0.05, 0.1) is 5.75 Å². The number of carbonyl (C=O) groups is 1. The van der Waals surface area contributed by atoms with Crippen LogP contribution in [0.1, 0.15) is 34.6 Å². The maximum atomic E-state index is 11.6. The molecular formula is C12H22N4OS2. The van der Waals surface area contributed by atoms with Crippen molar-refractivity contribution in [2.75, 3.05) is 17.6 Å². The Bertz CT molecular complexity index is 412. The monoisotopic (exact) mass is 302 g/mol. The Morgan fingerprint density at radius 1 is 1.37 bits per heavy atom. The average Bonchev–Trinajstić information content (AvgIpc) is 2.68. The minimum Gasteiger partial charge on any atom is -0.355 e. The summed E-state index contributed by atoms with van der Waals surface area (Å²) in [5, 5.41) is 15.0. The van der Waals surface area contributed by atoms with Crippen LogP contribution in [0.4, 0.5) is 5.13 Å². The van der Waals surface area contributed by atoms with Crippen molar-refractivity contribution in [3.8, 4) is 0 Å². The van der Waals surface area contributed by atoms with Gasteiger partial charge in [0.15, 0.2) is 4.34 Å². The molecule has 5 nitrogen and oxygen atoms in total. The van der Waals surface area contributed by atoms with Crippen molar-refractivity contribution >= 4 is 34.1 Å². The second-order valence-electron chi connectivity index (χ2n) is 5.73. The third-order valence-electron chi connectivity index (χ3n) is 1.92. The van der Waals surface area contributed by atoms with Crippen LogP contribution in [0.25, 0.3) is 0 Å². The van der Waals surface area contributed by atoms with Crippen LogP contribution in [0.5, 0.6) is 0 Å². The first-order chi connectivity index (χ1) is 8.76. The summed E-state index contributed by atoms with van der Waals surface area (Å²) in [6.07, 6.45) is 0. The Balaban J connectivity index is 2.36. The zero-order valence-electron chi connectivity index (χ0n) is 12.1. The molecule has 19 heavy (non-hydrogen) atoms. The highest BCUT2D eigenvalue weighted by Crippen LogP contribution is 2.26. The van der Waals surface area contributed by atoms with Crippen LogP contribution in [0.3, 0.4) is 0 Å². The van der Waals surface area contributed by atoms with E-state index in [-0.39, 0.29) is 11.4 Å². The maximum absolute atomic E-state index is 11.6. The summed E-state index contributed by atoms with van der Waals surface area (Å²) in [5.74, 6) is 0.897. The van der Waals surface area contributed by atoms with Crippen molar-refractivity contribution in [2.24, 2.45) is 5.92 Å². The Morgan fingerprint density at radius 2 is 2.05 bits per heavy atom. The second kappa shape index (κ2) is 7.09. The lowest BCUT2D eigenvalue weighted by molar-refractivity contribution is -0.118. The van der Waals surface area contributed by atoms with Crippen molar-refractivity contribution < 1.29 is 4.79 Å². The van der Waals surface area contributed by atoms with Crippen molar-refractivity contribution in [2.45, 2.75) is 44.5 Å². The van der Waals surface area contributed by atoms with Crippen molar-refractivity contribution in [3.05, 3.63) is 0 Å². The zero-order valence-corrected chi connectivity index (χ0v) is 13.7. The molecule has 0 unspecified atom stereocenters. The van der Waals surface area contributed by atoms with Gasteiger partial charge >= 0.3 is 0 Å². The Labute approximate surface area is 123 Å². The normalized spacial score (nSPS) is 11.7. The Kier molecular flexibility index (Phi) is 6.06. The minimum atomic E-state index is -0.0316. The van der Waals surface area contributed by atoms with Gasteiger partial charge < -0.3 is 10.6 Å². The molecule has 0 saturated heterocycles. The highest BCUT2D eigenvalue weighted by atomic mass is 32.2. The molecule has 1 aromatic rings. The van der Waals surface area contributed by atoms with Gasteiger partial charge in [-0.25, -0.2) is 0 Å². The molecule has 108 valence electrons. The topological polar surface area (TPSA) is 66.9 Å². The van der Waals surface area contributed by atoms with Gasteiger partial charge in [0.2, 0.25) is 11.0 Å². The van der Waals surface area contributed by atoms with E-state index in [1.807, 2.05) is 0 Å². The molecule has 0 aliphatic rings. The molecular weight excluding hydrogens is 280 g/mol. The van der Waals surface area contributed by atoms with Crippen molar-refractivity contribution in [1.29, 1.82) is 0 Å². The minimum absolute atomic E-state index is 0.0316. The predicted octanol–water partition coefficient (Wildman–Crippen LogP) is 2.61. The molecule has 0 aliphatic heterocycles. The summed E-state index contributed by atoms with van der Waals surface area (Å²) >= 11 is 2.90. The van der Waals surface area contributed by atoms with E-state index >= 15 is 0 Å². The summed E-state index contributed by atoms with van der Waals surface area (Å²) in [5.41, 5.74) is -0.0316. The van der Waals surface area contributed by atoms with Crippen molar-refractivity contribution in [1.82, 2.24) is 15.5 Å². The van der Waals surface area contributed by atoms with E-state index in [2.05, 4.69) is 55.4 Å². The molecule has 1 heterocycles. The second-order valence-corrected chi connectivity index (χ2v) is 7.93. The van der Waals surface area contributed by atoms with E-state index in [9.17, 15) is 4.79 Å². The smallest absolute Gasteiger partial charge is 0.230 e. The van der Waals surface area contributed by atoms with Gasteiger partial charge in [-0.05, 0) is 26.7 Å². The summed E-state index contributed by atoms with van der Waals surface area (Å²) in [6, 6.07) is 0. The molecule has 1 rings (SSSR count). The first-order valence-electron chi connectivity index (χ1n) is 6.27. The molecule has 0 fully saturated rings. The third kappa shape index (κ3) is 7.37. The molecule has 0 aromatic carbocycles. The molecule has 1 amide bonds. The van der Waals surface area contributed by atoms with Crippen LogP contribution in [0.15, 0.2) is 4.34 Å². The van der Waals surface area contributed by atoms with Gasteiger partial charge in [0, 0.05) is 12.1 Å². The molecule has 0 spiro atoms. The molecule has 0 aliphatic carbocycles. The lowest BCUT2D eigenvalue weighted by Crippen LogP contribution is -2.28. The summed E-state index contributed by atoms with van der Waals surface area (Å²) < 4.78 is 0.812. The number of nitrogens with one attached hydrogen (secondary N) is 2. The molecule has 0 radical (unpaired) electrons. The first-order valence-corrected chi connectivity index (χ1v) is 8.07. The molecule has 0 atom stereocenters. The molecule has 0 saturated carbocycles. The molecule has 2 N–H and O–H groups in total. The van der Waals surface area contributed by atoms with E-state index in [0.29, 0.717) is 18.2 Å². The molecule has 7 heteroatoms. The maximum Gasteiger partial charge on any atom is 0.230 e. The van der Waals surface area contributed by atoms with Crippen LogP contribution in [0, 0.1) is 5.92 Å². The highest BCUT2D eigenvalue weighted by Gasteiger charge is 2.13. The van der Waals surface area contributed by atoms with Crippen LogP contribution in [0.2, 0.25) is 0 Å². The Morgan fingerprint density at radius 3 is 2.63 bits per heavy atom. The SMILES string of the molecule is CC(C)CNC(=O)CSc1nnc(NC(C)(C)C)s1. The van der Waals surface area contributed by atoms with Gasteiger partial charge in [0.25, 0.3) is 0 Å². The number of amides is 1. The number of anilines is 1. The summed E-state index contributed by atoms with van der Waals surface area (Å²) in [7, 11) is 0. The predicted molar refractivity (Wildman–Crippen MR) is 81.9 cm³/mol. The Hall–Kier alpha value is -0.820. The van der Waals surface area contributed by atoms with Crippen LogP contribution >= 0.6 is 23.1 Å². The van der Waals surface area contributed by atoms with Crippen LogP contribution in [-0.4, -0.2) is 33.9 Å². The summed E-state index contributed by atoms with van der Waals surface area (Å²) in [6.45, 7) is 11.1. The van der Waals surface area contributed by atoms with E-state index < -0.39 is 0 Å². The summed E-state index contributed by atoms with van der Waals surface area (Å²) in [4.78, 5) is 11.6. The number of carbonyl (C=O) groups excluding carboxylic acids is 1. The van der Waals surface area contributed by atoms with Crippen molar-refractivity contribution in [3.63, 3.8) is 0 Å². The molecule has 1 aromatic heterocycles. The fraction of sp³-hybridized carbons (Fsp3) is 0.750. The average molecular weight is 302 g/mol. The number of thioether (sulfide) groups is 1. The van der Waals surface area contributed by atoms with Crippen LogP contribution in [-0.2, 0) is 4.79 Å². The number of hydrogen-bond acceptors (Lipinski definition) is 6. The zero-order chi connectivity index (χ0) is 14.5. The van der Waals surface area contributed by atoms with E-state index in [1.54, 1.807) is 0 Å². The molecule has 0 bridgehead atoms. The standard InChI is InChI=1S/C12H22N4OS2/c1-8(2)6-13-9(17)7-18-11-16-15-10(19-11)14-12(3,4)5/h8H,6-7H2,1-5H3,(H,13,17)(H,14,15). The van der Waals surface area contributed by atoms with E-state index in [1.165, 1.54) is 23.1 Å². The van der Waals surface area contributed by atoms with E-state index in [4.69, 9.17) is 0 Å². The van der Waals surface area contributed by atoms with Gasteiger partial charge in [0.1, 0.15) is 0 Å².